The molecule has 1 saturated carbocycles. The average molecular weight is 425 g/mol. The van der Waals surface area contributed by atoms with Crippen molar-refractivity contribution in [1.29, 1.82) is 0 Å². The van der Waals surface area contributed by atoms with Gasteiger partial charge in [0.15, 0.2) is 0 Å². The molecule has 0 atom stereocenters. The van der Waals surface area contributed by atoms with E-state index in [2.05, 4.69) is 9.97 Å². The van der Waals surface area contributed by atoms with E-state index in [0.29, 0.717) is 49.3 Å². The number of amides is 2. The van der Waals surface area contributed by atoms with Crippen LogP contribution in [0.3, 0.4) is 0 Å². The van der Waals surface area contributed by atoms with Gasteiger partial charge in [-0.25, -0.2) is 14.1 Å². The van der Waals surface area contributed by atoms with Crippen molar-refractivity contribution in [2.75, 3.05) is 39.3 Å². The molecule has 7 heteroatoms. The normalized spacial score (nSPS) is 32.5. The number of rotatable bonds is 6. The molecule has 7 nitrogen and oxygen atoms in total. The molecule has 2 aliphatic heterocycles. The molecule has 1 spiro atoms. The zero-order valence-electron chi connectivity index (χ0n) is 18.4. The summed E-state index contributed by atoms with van der Waals surface area (Å²) in [6.45, 7) is 3.90. The molecule has 2 amide bonds. The second kappa shape index (κ2) is 8.34. The van der Waals surface area contributed by atoms with Gasteiger partial charge in [-0.15, -0.1) is 0 Å². The first-order chi connectivity index (χ1) is 14.7. The van der Waals surface area contributed by atoms with Gasteiger partial charge in [0, 0.05) is 25.2 Å². The molecular formula is C24H34N5O2+3. The first kappa shape index (κ1) is 22.5. The third-order valence-corrected chi connectivity index (χ3v) is 7.81. The summed E-state index contributed by atoms with van der Waals surface area (Å²) in [5, 5.41) is 0. The lowest BCUT2D eigenvalue weighted by molar-refractivity contribution is -0.890. The van der Waals surface area contributed by atoms with Crippen LogP contribution in [0.15, 0.2) is 18.5 Å². The molecule has 164 valence electrons. The lowest BCUT2D eigenvalue weighted by Crippen LogP contribution is -2.63. The molecule has 0 aromatic carbocycles. The minimum atomic E-state index is -0.527. The Balaban J connectivity index is 1.26. The number of carbonyl (C=O) groups is 2. The van der Waals surface area contributed by atoms with E-state index in [9.17, 15) is 9.59 Å². The molecule has 0 bridgehead atoms. The molecular weight excluding hydrogens is 390 g/mol. The number of carbonyl (C=O) groups excluding carboxylic acids is 2. The van der Waals surface area contributed by atoms with E-state index in [1.807, 2.05) is 0 Å². The highest BCUT2D eigenvalue weighted by molar-refractivity contribution is 5.88. The Morgan fingerprint density at radius 2 is 1.39 bits per heavy atom. The van der Waals surface area contributed by atoms with Crippen LogP contribution < -0.4 is 4.48 Å². The van der Waals surface area contributed by atoms with Gasteiger partial charge >= 0.3 is 17.8 Å². The Kier molecular flexibility index (Phi) is 6.05. The van der Waals surface area contributed by atoms with E-state index < -0.39 is 4.48 Å². The van der Waals surface area contributed by atoms with E-state index in [4.69, 9.17) is 21.1 Å². The molecule has 3 aliphatic rings. The quantitative estimate of drug-likeness (QED) is 0.400. The van der Waals surface area contributed by atoms with Gasteiger partial charge in [-0.3, -0.25) is 0 Å². The average Bonchev–Trinajstić information content (AvgIpc) is 3.21. The van der Waals surface area contributed by atoms with Crippen molar-refractivity contribution >= 4 is 17.8 Å². The lowest BCUT2D eigenvalue weighted by atomic mass is 9.75. The van der Waals surface area contributed by atoms with Crippen LogP contribution in [0.2, 0.25) is 0 Å². The fourth-order valence-corrected chi connectivity index (χ4v) is 5.56. The zero-order valence-corrected chi connectivity index (χ0v) is 18.4. The second-order valence-corrected chi connectivity index (χ2v) is 10.1. The summed E-state index contributed by atoms with van der Waals surface area (Å²) in [7, 11) is 19.4. The van der Waals surface area contributed by atoms with Gasteiger partial charge in [-0.1, -0.05) is 12.8 Å². The topological polar surface area (TPSA) is 59.9 Å². The number of imide groups is 1. The third-order valence-electron chi connectivity index (χ3n) is 7.81. The van der Waals surface area contributed by atoms with Gasteiger partial charge < -0.3 is 4.48 Å². The van der Waals surface area contributed by atoms with Gasteiger partial charge in [-0.2, -0.15) is 14.5 Å². The first-order valence-electron chi connectivity index (χ1n) is 11.5. The highest BCUT2D eigenvalue weighted by atomic mass is 16.2. The van der Waals surface area contributed by atoms with E-state index in [1.165, 1.54) is 0 Å². The van der Waals surface area contributed by atoms with Crippen LogP contribution in [-0.2, 0) is 9.59 Å². The van der Waals surface area contributed by atoms with Gasteiger partial charge in [0.1, 0.15) is 26.2 Å². The van der Waals surface area contributed by atoms with Crippen molar-refractivity contribution in [3.63, 3.8) is 0 Å². The minimum Gasteiger partial charge on any atom is -0.301 e. The highest BCUT2D eigenvalue weighted by Crippen LogP contribution is 2.48. The maximum atomic E-state index is 12.8. The Morgan fingerprint density at radius 1 is 0.839 bits per heavy atom. The number of piperidine rings is 1. The van der Waals surface area contributed by atoms with Gasteiger partial charge in [0.2, 0.25) is 21.1 Å². The van der Waals surface area contributed by atoms with Crippen LogP contribution in [0, 0.1) is 26.6 Å². The van der Waals surface area contributed by atoms with Gasteiger partial charge in [0.25, 0.3) is 0 Å². The Bertz CT molecular complexity index is 791. The summed E-state index contributed by atoms with van der Waals surface area (Å²) in [6, 6.07) is 1.78. The van der Waals surface area contributed by atoms with Crippen LogP contribution in [0.4, 0.5) is 5.95 Å². The number of quaternary nitrogens is 3. The molecule has 3 heterocycles. The third kappa shape index (κ3) is 4.45. The summed E-state index contributed by atoms with van der Waals surface area (Å²) in [5.74, 6) is 0.396. The Morgan fingerprint density at radius 3 is 1.97 bits per heavy atom. The van der Waals surface area contributed by atoms with Crippen molar-refractivity contribution in [1.82, 2.24) is 14.5 Å². The largest absolute Gasteiger partial charge is 0.329 e. The maximum absolute atomic E-state index is 12.8. The number of unbranched alkanes of at least 4 members (excludes halogenated alkanes) is 1. The highest BCUT2D eigenvalue weighted by Gasteiger charge is 2.54. The molecule has 0 unspecified atom stereocenters. The summed E-state index contributed by atoms with van der Waals surface area (Å²) < 4.78 is 0.103. The predicted molar refractivity (Wildman–Crippen MR) is 116 cm³/mol. The smallest absolute Gasteiger partial charge is 0.301 e. The molecule has 6 radical (unpaired) electrons. The number of nitrogens with zero attached hydrogens (tertiary/aromatic N) is 5. The monoisotopic (exact) mass is 424 g/mol. The molecule has 1 aromatic rings. The summed E-state index contributed by atoms with van der Waals surface area (Å²) in [5.41, 5.74) is -0.106. The molecule has 31 heavy (non-hydrogen) atoms. The number of piperazine rings is 1. The van der Waals surface area contributed by atoms with Crippen molar-refractivity contribution in [2.24, 2.45) is 5.41 Å². The van der Waals surface area contributed by atoms with Crippen molar-refractivity contribution in [3.05, 3.63) is 39.6 Å². The van der Waals surface area contributed by atoms with E-state index in [-0.39, 0.29) is 21.7 Å². The van der Waals surface area contributed by atoms with E-state index >= 15 is 0 Å². The van der Waals surface area contributed by atoms with Crippen LogP contribution >= 0.6 is 0 Å². The standard InChI is InChI=1S/C24H34N5O2/c1-27(15-17-28(2,18-16-27)23-25-11-8-12-26-23)13-6-7-14-29(3)21(30)19-24(20-22(29)31)9-4-5-10-24/h1-3,8,11-12H,4-7,9-10,13-20H2/q+3. The number of hydrogen-bond donors (Lipinski definition) is 0. The zero-order chi connectivity index (χ0) is 22.2. The Labute approximate surface area is 186 Å². The van der Waals surface area contributed by atoms with Crippen molar-refractivity contribution in [2.45, 2.75) is 51.4 Å². The van der Waals surface area contributed by atoms with Crippen LogP contribution in [0.25, 0.3) is 0 Å². The van der Waals surface area contributed by atoms with Crippen molar-refractivity contribution in [3.8, 4) is 0 Å². The van der Waals surface area contributed by atoms with E-state index in [1.54, 1.807) is 18.5 Å². The van der Waals surface area contributed by atoms with Crippen molar-refractivity contribution < 1.29 is 18.6 Å². The summed E-state index contributed by atoms with van der Waals surface area (Å²) in [4.78, 5) is 34.3. The number of aromatic nitrogens is 2. The number of hydrogen-bond acceptors (Lipinski definition) is 4. The van der Waals surface area contributed by atoms with Crippen LogP contribution in [0.5, 0.6) is 0 Å². The van der Waals surface area contributed by atoms with Crippen LogP contribution in [0.1, 0.15) is 51.4 Å². The van der Waals surface area contributed by atoms with Crippen LogP contribution in [-0.4, -0.2) is 70.0 Å². The number of likely N-dealkylation sites (tertiary alicyclic amines) is 1. The molecule has 1 aliphatic carbocycles. The summed E-state index contributed by atoms with van der Waals surface area (Å²) in [6.07, 6.45) is 10.00. The maximum Gasteiger partial charge on any atom is 0.329 e. The predicted octanol–water partition coefficient (Wildman–Crippen LogP) is 2.62. The summed E-state index contributed by atoms with van der Waals surface area (Å²) >= 11 is 0. The first-order valence-corrected chi connectivity index (χ1v) is 11.5. The molecule has 2 saturated heterocycles. The minimum absolute atomic E-state index is 0.106. The van der Waals surface area contributed by atoms with Gasteiger partial charge in [-0.05, 0) is 24.3 Å². The molecule has 1 aromatic heterocycles. The fraction of sp³-hybridized carbons (Fsp3) is 0.625. The fourth-order valence-electron chi connectivity index (χ4n) is 5.56. The second-order valence-electron chi connectivity index (χ2n) is 10.1. The molecule has 3 fully saturated rings. The Hall–Kier alpha value is -1.70. The van der Waals surface area contributed by atoms with Gasteiger partial charge in [0.05, 0.1) is 25.9 Å². The molecule has 0 N–H and O–H groups in total. The van der Waals surface area contributed by atoms with E-state index in [0.717, 1.165) is 51.7 Å². The lowest BCUT2D eigenvalue weighted by Gasteiger charge is -2.43. The molecule has 4 rings (SSSR count). The SMILES string of the molecule is [CH][N+]1(CCCC[N+]2([CH])C(=O)CC3(CCCC3)CC2=O)CC[N+]([CH])(c2ncccn2)CC1.